The molecular weight excluding hydrogens is 398 g/mol. The quantitative estimate of drug-likeness (QED) is 0.553. The molecule has 0 heterocycles. The lowest BCUT2D eigenvalue weighted by atomic mass is 9.91. The van der Waals surface area contributed by atoms with Crippen LogP contribution in [-0.4, -0.2) is 61.4 Å². The monoisotopic (exact) mass is 439 g/mol. The van der Waals surface area contributed by atoms with Crippen molar-refractivity contribution in [3.05, 3.63) is 35.9 Å². The summed E-state index contributed by atoms with van der Waals surface area (Å²) in [5, 5.41) is 20.8. The van der Waals surface area contributed by atoms with Gasteiger partial charge in [0.25, 0.3) is 0 Å². The third kappa shape index (κ3) is 7.37. The van der Waals surface area contributed by atoms with Gasteiger partial charge in [0.1, 0.15) is 12.2 Å². The SMILES string of the molecule is CC(C)(C)N(CCO)C(=O)OCC(O)(CCO[Si](C)(C)C(C)(C)C)c1ccccc1. The molecule has 2 N–H and O–H groups in total. The van der Waals surface area contributed by atoms with Gasteiger partial charge in [-0.25, -0.2) is 4.79 Å². The standard InChI is InChI=1S/C23H41NO5Si/c1-21(2,3)24(15-16-25)20(26)28-18-23(27,19-12-10-9-11-13-19)14-17-29-30(7,8)22(4,5)6/h9-13,25,27H,14-18H2,1-8H3. The number of carbonyl (C=O) groups excluding carboxylic acids is 1. The number of hydrogen-bond donors (Lipinski definition) is 2. The summed E-state index contributed by atoms with van der Waals surface area (Å²) in [6.45, 7) is 16.7. The van der Waals surface area contributed by atoms with Crippen molar-refractivity contribution in [3.8, 4) is 0 Å². The summed E-state index contributed by atoms with van der Waals surface area (Å²) in [6, 6.07) is 9.24. The predicted octanol–water partition coefficient (Wildman–Crippen LogP) is 4.52. The zero-order chi connectivity index (χ0) is 23.2. The number of aliphatic hydroxyl groups is 2. The van der Waals surface area contributed by atoms with Gasteiger partial charge in [0.05, 0.1) is 6.61 Å². The van der Waals surface area contributed by atoms with Crippen LogP contribution < -0.4 is 0 Å². The van der Waals surface area contributed by atoms with Crippen LogP contribution in [0.3, 0.4) is 0 Å². The minimum absolute atomic E-state index is 0.0713. The van der Waals surface area contributed by atoms with Gasteiger partial charge in [0, 0.05) is 25.1 Å². The van der Waals surface area contributed by atoms with Crippen LogP contribution in [0.4, 0.5) is 4.79 Å². The van der Waals surface area contributed by atoms with Crippen LogP contribution in [0.25, 0.3) is 0 Å². The molecule has 0 saturated heterocycles. The van der Waals surface area contributed by atoms with Gasteiger partial charge in [-0.2, -0.15) is 0 Å². The number of β-amino-alcohol motifs (C(OH)–C–C–N with tert-alkyl or cyclic N) is 1. The molecule has 6 nitrogen and oxygen atoms in total. The number of rotatable bonds is 9. The van der Waals surface area contributed by atoms with E-state index < -0.39 is 25.6 Å². The van der Waals surface area contributed by atoms with E-state index in [1.165, 1.54) is 4.90 Å². The summed E-state index contributed by atoms with van der Waals surface area (Å²) >= 11 is 0. The fourth-order valence-corrected chi connectivity index (χ4v) is 3.84. The normalized spacial score (nSPS) is 14.9. The maximum atomic E-state index is 12.7. The molecule has 1 amide bonds. The van der Waals surface area contributed by atoms with Gasteiger partial charge >= 0.3 is 6.09 Å². The first-order chi connectivity index (χ1) is 13.6. The van der Waals surface area contributed by atoms with E-state index in [1.807, 2.05) is 51.1 Å². The first kappa shape index (κ1) is 26.6. The van der Waals surface area contributed by atoms with Gasteiger partial charge in [0.2, 0.25) is 0 Å². The summed E-state index contributed by atoms with van der Waals surface area (Å²) in [5.41, 5.74) is -1.18. The lowest BCUT2D eigenvalue weighted by molar-refractivity contribution is -0.0525. The van der Waals surface area contributed by atoms with E-state index >= 15 is 0 Å². The molecule has 0 fully saturated rings. The molecule has 0 radical (unpaired) electrons. The summed E-state index contributed by atoms with van der Waals surface area (Å²) in [5.74, 6) is 0. The number of benzene rings is 1. The molecule has 0 aliphatic heterocycles. The molecule has 1 aromatic carbocycles. The van der Waals surface area contributed by atoms with Gasteiger partial charge in [-0.3, -0.25) is 0 Å². The Labute approximate surface area is 183 Å². The van der Waals surface area contributed by atoms with Crippen LogP contribution in [0.1, 0.15) is 53.5 Å². The average molecular weight is 440 g/mol. The number of carbonyl (C=O) groups is 1. The predicted molar refractivity (Wildman–Crippen MR) is 123 cm³/mol. The minimum Gasteiger partial charge on any atom is -0.446 e. The van der Waals surface area contributed by atoms with E-state index in [4.69, 9.17) is 9.16 Å². The Morgan fingerprint density at radius 2 is 1.63 bits per heavy atom. The summed E-state index contributed by atoms with van der Waals surface area (Å²) in [4.78, 5) is 14.1. The van der Waals surface area contributed by atoms with Crippen LogP contribution in [-0.2, 0) is 14.8 Å². The van der Waals surface area contributed by atoms with E-state index in [-0.39, 0.29) is 24.8 Å². The van der Waals surface area contributed by atoms with Crippen molar-refractivity contribution in [2.45, 2.75) is 77.2 Å². The molecule has 7 heteroatoms. The Morgan fingerprint density at radius 1 is 1.07 bits per heavy atom. The lowest BCUT2D eigenvalue weighted by Crippen LogP contribution is -2.48. The molecule has 0 aliphatic carbocycles. The molecule has 30 heavy (non-hydrogen) atoms. The molecule has 0 bridgehead atoms. The summed E-state index contributed by atoms with van der Waals surface area (Å²) < 4.78 is 11.8. The molecule has 0 spiro atoms. The highest BCUT2D eigenvalue weighted by Gasteiger charge is 2.39. The molecule has 172 valence electrons. The zero-order valence-electron chi connectivity index (χ0n) is 20.0. The zero-order valence-corrected chi connectivity index (χ0v) is 21.0. The average Bonchev–Trinajstić information content (AvgIpc) is 2.63. The molecule has 0 aliphatic rings. The Kier molecular flexibility index (Phi) is 9.11. The number of ether oxygens (including phenoxy) is 1. The summed E-state index contributed by atoms with van der Waals surface area (Å²) in [6.07, 6.45) is -0.247. The molecule has 0 saturated carbocycles. The second-order valence-corrected chi connectivity index (χ2v) is 15.2. The van der Waals surface area contributed by atoms with Gasteiger partial charge in [-0.05, 0) is 44.5 Å². The topological polar surface area (TPSA) is 79.2 Å². The van der Waals surface area contributed by atoms with Gasteiger partial charge in [-0.15, -0.1) is 0 Å². The number of aliphatic hydroxyl groups excluding tert-OH is 1. The second-order valence-electron chi connectivity index (χ2n) is 10.4. The Morgan fingerprint density at radius 3 is 2.10 bits per heavy atom. The highest BCUT2D eigenvalue weighted by atomic mass is 28.4. The van der Waals surface area contributed by atoms with Crippen molar-refractivity contribution in [1.29, 1.82) is 0 Å². The largest absolute Gasteiger partial charge is 0.446 e. The Bertz CT molecular complexity index is 666. The van der Waals surface area contributed by atoms with Crippen molar-refractivity contribution in [2.24, 2.45) is 0 Å². The van der Waals surface area contributed by atoms with Crippen molar-refractivity contribution >= 4 is 14.4 Å². The van der Waals surface area contributed by atoms with E-state index in [2.05, 4.69) is 33.9 Å². The van der Waals surface area contributed by atoms with E-state index in [0.717, 1.165) is 0 Å². The van der Waals surface area contributed by atoms with Crippen molar-refractivity contribution in [2.75, 3.05) is 26.4 Å². The number of hydrogen-bond acceptors (Lipinski definition) is 5. The third-order valence-corrected chi connectivity index (χ3v) is 10.4. The maximum absolute atomic E-state index is 12.7. The lowest BCUT2D eigenvalue weighted by Gasteiger charge is -2.38. The first-order valence-electron chi connectivity index (χ1n) is 10.6. The molecule has 1 unspecified atom stereocenters. The van der Waals surface area contributed by atoms with Gasteiger partial charge < -0.3 is 24.3 Å². The fraction of sp³-hybridized carbons (Fsp3) is 0.696. The van der Waals surface area contributed by atoms with Crippen LogP contribution in [0, 0.1) is 0 Å². The third-order valence-electron chi connectivity index (χ3n) is 5.88. The number of amides is 1. The van der Waals surface area contributed by atoms with E-state index in [1.54, 1.807) is 0 Å². The minimum atomic E-state index is -1.96. The number of nitrogens with zero attached hydrogens (tertiary/aromatic N) is 1. The second kappa shape index (κ2) is 10.3. The highest BCUT2D eigenvalue weighted by Crippen LogP contribution is 2.37. The van der Waals surface area contributed by atoms with Crippen LogP contribution in [0.2, 0.25) is 18.1 Å². The molecular formula is C23H41NO5Si. The molecule has 1 aromatic rings. The van der Waals surface area contributed by atoms with Crippen LogP contribution in [0.15, 0.2) is 30.3 Å². The fourth-order valence-electron chi connectivity index (χ4n) is 2.80. The van der Waals surface area contributed by atoms with Gasteiger partial charge in [-0.1, -0.05) is 51.1 Å². The molecule has 1 atom stereocenters. The van der Waals surface area contributed by atoms with Crippen molar-refractivity contribution in [1.82, 2.24) is 4.90 Å². The van der Waals surface area contributed by atoms with E-state index in [0.29, 0.717) is 18.6 Å². The van der Waals surface area contributed by atoms with Gasteiger partial charge in [0.15, 0.2) is 8.32 Å². The highest BCUT2D eigenvalue weighted by molar-refractivity contribution is 6.74. The molecule has 1 rings (SSSR count). The molecule has 0 aromatic heterocycles. The first-order valence-corrected chi connectivity index (χ1v) is 13.5. The maximum Gasteiger partial charge on any atom is 0.410 e. The Hall–Kier alpha value is -1.41. The van der Waals surface area contributed by atoms with Crippen molar-refractivity contribution < 1.29 is 24.2 Å². The summed E-state index contributed by atoms with van der Waals surface area (Å²) in [7, 11) is -1.96. The van der Waals surface area contributed by atoms with E-state index in [9.17, 15) is 15.0 Å². The smallest absolute Gasteiger partial charge is 0.410 e. The van der Waals surface area contributed by atoms with Crippen LogP contribution >= 0.6 is 0 Å². The van der Waals surface area contributed by atoms with Crippen molar-refractivity contribution in [3.63, 3.8) is 0 Å². The Balaban J connectivity index is 2.95. The van der Waals surface area contributed by atoms with Crippen LogP contribution in [0.5, 0.6) is 0 Å².